The fourth-order valence-corrected chi connectivity index (χ4v) is 3.91. The van der Waals surface area contributed by atoms with Crippen molar-refractivity contribution in [1.82, 2.24) is 9.55 Å². The van der Waals surface area contributed by atoms with E-state index in [1.807, 2.05) is 29.8 Å². The van der Waals surface area contributed by atoms with Crippen molar-refractivity contribution in [2.45, 2.75) is 31.2 Å². The zero-order valence-corrected chi connectivity index (χ0v) is 17.5. The van der Waals surface area contributed by atoms with E-state index in [4.69, 9.17) is 9.47 Å². The van der Waals surface area contributed by atoms with Crippen LogP contribution in [0.25, 0.3) is 5.69 Å². The monoisotopic (exact) mass is 409 g/mol. The molecule has 0 aliphatic carbocycles. The molecule has 0 radical (unpaired) electrons. The number of thioether (sulfide) groups is 1. The van der Waals surface area contributed by atoms with Crippen molar-refractivity contribution in [3.05, 3.63) is 59.9 Å². The Balaban J connectivity index is 1.46. The van der Waals surface area contributed by atoms with Crippen LogP contribution >= 0.6 is 11.8 Å². The molecule has 0 spiro atoms. The number of hydrogen-bond donors (Lipinski definition) is 1. The Kier molecular flexibility index (Phi) is 5.49. The van der Waals surface area contributed by atoms with Crippen molar-refractivity contribution < 1.29 is 14.3 Å². The number of carbonyl (C=O) groups is 1. The summed E-state index contributed by atoms with van der Waals surface area (Å²) in [6.45, 7) is 7.10. The maximum Gasteiger partial charge on any atom is 0.237 e. The molecule has 1 aliphatic heterocycles. The SMILES string of the molecule is Cc1ccc(-n2ccnc2SC(C)C(=O)Nc2ccc3c(c2)OCCO3)cc1C. The van der Waals surface area contributed by atoms with Crippen LogP contribution in [0.4, 0.5) is 5.69 Å². The van der Waals surface area contributed by atoms with Gasteiger partial charge in [-0.3, -0.25) is 9.36 Å². The molecule has 7 heteroatoms. The molecule has 29 heavy (non-hydrogen) atoms. The molecular formula is C22H23N3O3S. The normalized spacial score (nSPS) is 13.8. The molecule has 0 fully saturated rings. The summed E-state index contributed by atoms with van der Waals surface area (Å²) in [5.74, 6) is 1.26. The zero-order chi connectivity index (χ0) is 20.4. The summed E-state index contributed by atoms with van der Waals surface area (Å²) >= 11 is 1.42. The second-order valence-electron chi connectivity index (χ2n) is 6.96. The highest BCUT2D eigenvalue weighted by molar-refractivity contribution is 8.00. The number of imidazole rings is 1. The minimum atomic E-state index is -0.323. The molecule has 1 amide bonds. The van der Waals surface area contributed by atoms with Gasteiger partial charge in [0.15, 0.2) is 16.7 Å². The van der Waals surface area contributed by atoms with Gasteiger partial charge in [0.05, 0.1) is 5.25 Å². The number of aromatic nitrogens is 2. The highest BCUT2D eigenvalue weighted by Crippen LogP contribution is 2.33. The van der Waals surface area contributed by atoms with Crippen LogP contribution in [0.3, 0.4) is 0 Å². The Morgan fingerprint density at radius 1 is 1.10 bits per heavy atom. The number of hydrogen-bond acceptors (Lipinski definition) is 5. The predicted molar refractivity (Wildman–Crippen MR) is 114 cm³/mol. The summed E-state index contributed by atoms with van der Waals surface area (Å²) in [7, 11) is 0. The van der Waals surface area contributed by atoms with Gasteiger partial charge in [-0.2, -0.15) is 0 Å². The molecule has 1 aliphatic rings. The Labute approximate surface area is 174 Å². The predicted octanol–water partition coefficient (Wildman–Crippen LogP) is 4.38. The fourth-order valence-electron chi connectivity index (χ4n) is 3.03. The first-order chi connectivity index (χ1) is 14.0. The first kappa shape index (κ1) is 19.4. The van der Waals surface area contributed by atoms with E-state index >= 15 is 0 Å². The quantitative estimate of drug-likeness (QED) is 0.634. The van der Waals surface area contributed by atoms with Crippen LogP contribution in [0, 0.1) is 13.8 Å². The molecule has 150 valence electrons. The van der Waals surface area contributed by atoms with Crippen LogP contribution in [0.1, 0.15) is 18.1 Å². The molecule has 1 atom stereocenters. The lowest BCUT2D eigenvalue weighted by molar-refractivity contribution is -0.115. The Morgan fingerprint density at radius 2 is 1.90 bits per heavy atom. The van der Waals surface area contributed by atoms with Crippen LogP contribution < -0.4 is 14.8 Å². The van der Waals surface area contributed by atoms with Crippen molar-refractivity contribution in [1.29, 1.82) is 0 Å². The van der Waals surface area contributed by atoms with Gasteiger partial charge in [0.1, 0.15) is 13.2 Å². The molecule has 6 nitrogen and oxygen atoms in total. The van der Waals surface area contributed by atoms with Crippen molar-refractivity contribution in [2.24, 2.45) is 0 Å². The van der Waals surface area contributed by atoms with Crippen molar-refractivity contribution in [3.63, 3.8) is 0 Å². The topological polar surface area (TPSA) is 65.4 Å². The number of rotatable bonds is 5. The summed E-state index contributed by atoms with van der Waals surface area (Å²) in [6, 6.07) is 11.7. The van der Waals surface area contributed by atoms with E-state index in [9.17, 15) is 4.79 Å². The molecule has 0 bridgehead atoms. The summed E-state index contributed by atoms with van der Waals surface area (Å²) < 4.78 is 13.1. The van der Waals surface area contributed by atoms with E-state index < -0.39 is 0 Å². The van der Waals surface area contributed by atoms with Gasteiger partial charge in [0.25, 0.3) is 0 Å². The van der Waals surface area contributed by atoms with Crippen molar-refractivity contribution in [3.8, 4) is 17.2 Å². The molecule has 2 heterocycles. The zero-order valence-electron chi connectivity index (χ0n) is 16.6. The molecule has 1 N–H and O–H groups in total. The van der Waals surface area contributed by atoms with E-state index in [1.54, 1.807) is 12.3 Å². The molecule has 3 aromatic rings. The number of amides is 1. The maximum absolute atomic E-state index is 12.7. The van der Waals surface area contributed by atoms with Gasteiger partial charge < -0.3 is 14.8 Å². The van der Waals surface area contributed by atoms with Gasteiger partial charge in [-0.25, -0.2) is 4.98 Å². The minimum Gasteiger partial charge on any atom is -0.486 e. The van der Waals surface area contributed by atoms with Gasteiger partial charge in [-0.1, -0.05) is 17.8 Å². The second kappa shape index (κ2) is 8.21. The summed E-state index contributed by atoms with van der Waals surface area (Å²) in [6.07, 6.45) is 3.67. The van der Waals surface area contributed by atoms with Crippen molar-refractivity contribution in [2.75, 3.05) is 18.5 Å². The third-order valence-electron chi connectivity index (χ3n) is 4.84. The fraction of sp³-hybridized carbons (Fsp3) is 0.273. The highest BCUT2D eigenvalue weighted by atomic mass is 32.2. The van der Waals surface area contributed by atoms with Gasteiger partial charge in [-0.15, -0.1) is 0 Å². The Morgan fingerprint density at radius 3 is 2.69 bits per heavy atom. The lowest BCUT2D eigenvalue weighted by atomic mass is 10.1. The third kappa shape index (κ3) is 4.24. The number of ether oxygens (including phenoxy) is 2. The molecule has 0 saturated carbocycles. The first-order valence-corrected chi connectivity index (χ1v) is 10.4. The number of aryl methyl sites for hydroxylation is 2. The van der Waals surface area contributed by atoms with Crippen LogP contribution in [0.2, 0.25) is 0 Å². The number of fused-ring (bicyclic) bond motifs is 1. The Bertz CT molecular complexity index is 1050. The number of nitrogens with one attached hydrogen (secondary N) is 1. The van der Waals surface area contributed by atoms with E-state index in [0.717, 1.165) is 10.8 Å². The minimum absolute atomic E-state index is 0.0960. The van der Waals surface area contributed by atoms with Crippen LogP contribution in [0.5, 0.6) is 11.5 Å². The molecule has 4 rings (SSSR count). The molecule has 0 saturated heterocycles. The van der Waals surface area contributed by atoms with E-state index in [1.165, 1.54) is 22.9 Å². The highest BCUT2D eigenvalue weighted by Gasteiger charge is 2.19. The van der Waals surface area contributed by atoms with Gasteiger partial charge in [0, 0.05) is 29.8 Å². The molecule has 2 aromatic carbocycles. The van der Waals surface area contributed by atoms with Crippen LogP contribution in [0.15, 0.2) is 53.9 Å². The summed E-state index contributed by atoms with van der Waals surface area (Å²) in [5.41, 5.74) is 4.18. The standard InChI is InChI=1S/C22H23N3O3S/c1-14-4-6-18(12-15(14)2)25-9-8-23-22(25)29-16(3)21(26)24-17-5-7-19-20(13-17)28-11-10-27-19/h4-9,12-13,16H,10-11H2,1-3H3,(H,24,26). The number of carbonyl (C=O) groups excluding carboxylic acids is 1. The number of nitrogens with zero attached hydrogens (tertiary/aromatic N) is 2. The largest absolute Gasteiger partial charge is 0.486 e. The third-order valence-corrected chi connectivity index (χ3v) is 5.92. The number of benzene rings is 2. The molecular weight excluding hydrogens is 386 g/mol. The van der Waals surface area contributed by atoms with E-state index in [2.05, 4.69) is 42.3 Å². The van der Waals surface area contributed by atoms with Gasteiger partial charge >= 0.3 is 0 Å². The Hall–Kier alpha value is -2.93. The van der Waals surface area contributed by atoms with Crippen LogP contribution in [-0.4, -0.2) is 33.9 Å². The first-order valence-electron chi connectivity index (χ1n) is 9.49. The molecule has 1 unspecified atom stereocenters. The molecule has 1 aromatic heterocycles. The second-order valence-corrected chi connectivity index (χ2v) is 8.26. The number of anilines is 1. The van der Waals surface area contributed by atoms with Gasteiger partial charge in [-0.05, 0) is 56.2 Å². The average Bonchev–Trinajstić information content (AvgIpc) is 3.18. The lowest BCUT2D eigenvalue weighted by Gasteiger charge is -2.19. The van der Waals surface area contributed by atoms with E-state index in [0.29, 0.717) is 30.4 Å². The summed E-state index contributed by atoms with van der Waals surface area (Å²) in [4.78, 5) is 17.2. The average molecular weight is 410 g/mol. The van der Waals surface area contributed by atoms with E-state index in [-0.39, 0.29) is 11.2 Å². The smallest absolute Gasteiger partial charge is 0.237 e. The van der Waals surface area contributed by atoms with Crippen LogP contribution in [-0.2, 0) is 4.79 Å². The lowest BCUT2D eigenvalue weighted by Crippen LogP contribution is -2.23. The van der Waals surface area contributed by atoms with Crippen molar-refractivity contribution >= 4 is 23.4 Å². The summed E-state index contributed by atoms with van der Waals surface area (Å²) in [5, 5.41) is 3.40. The van der Waals surface area contributed by atoms with Gasteiger partial charge in [0.2, 0.25) is 5.91 Å². The maximum atomic E-state index is 12.7.